The third-order valence-corrected chi connectivity index (χ3v) is 5.16. The van der Waals surface area contributed by atoms with Crippen molar-refractivity contribution < 1.29 is 27.7 Å². The van der Waals surface area contributed by atoms with Crippen molar-refractivity contribution in [1.82, 2.24) is 4.72 Å². The van der Waals surface area contributed by atoms with Crippen LogP contribution in [0.3, 0.4) is 0 Å². The van der Waals surface area contributed by atoms with Crippen LogP contribution in [-0.2, 0) is 24.3 Å². The number of nitro groups is 1. The molecule has 0 spiro atoms. The van der Waals surface area contributed by atoms with Crippen LogP contribution in [-0.4, -0.2) is 38.8 Å². The predicted molar refractivity (Wildman–Crippen MR) is 102 cm³/mol. The number of hydrogen-bond acceptors (Lipinski definition) is 8. The number of nitro benzene ring substituents is 1. The van der Waals surface area contributed by atoms with Gasteiger partial charge in [0.05, 0.1) is 9.82 Å². The molecule has 2 aromatic carbocycles. The molecule has 0 aliphatic carbocycles. The van der Waals surface area contributed by atoms with Gasteiger partial charge in [-0.2, -0.15) is 4.72 Å². The van der Waals surface area contributed by atoms with Crippen molar-refractivity contribution in [2.45, 2.75) is 11.0 Å². The van der Waals surface area contributed by atoms with E-state index in [0.29, 0.717) is 5.56 Å². The fourth-order valence-corrected chi connectivity index (χ4v) is 3.36. The number of sulfonamides is 1. The summed E-state index contributed by atoms with van der Waals surface area (Å²) in [5.41, 5.74) is 5.24. The van der Waals surface area contributed by atoms with Gasteiger partial charge in [-0.3, -0.25) is 19.7 Å². The van der Waals surface area contributed by atoms with E-state index in [1.807, 2.05) is 4.72 Å². The lowest BCUT2D eigenvalue weighted by molar-refractivity contribution is -0.384. The number of rotatable bonds is 9. The summed E-state index contributed by atoms with van der Waals surface area (Å²) in [7, 11) is -2.81. The van der Waals surface area contributed by atoms with Crippen molar-refractivity contribution in [3.8, 4) is 0 Å². The minimum Gasteiger partial charge on any atom is -0.446 e. The number of carbonyl (C=O) groups excluding carboxylic acids is 2. The molecule has 0 saturated carbocycles. The number of primary amides is 1. The lowest BCUT2D eigenvalue weighted by Gasteiger charge is -2.15. The topological polar surface area (TPSA) is 171 Å². The fourth-order valence-electron chi connectivity index (χ4n) is 2.37. The van der Waals surface area contributed by atoms with Gasteiger partial charge < -0.3 is 15.8 Å². The Kier molecular flexibility index (Phi) is 6.85. The molecular formula is C17H18N4O7S. The van der Waals surface area contributed by atoms with E-state index in [1.165, 1.54) is 25.2 Å². The van der Waals surface area contributed by atoms with E-state index in [-0.39, 0.29) is 5.69 Å². The molecule has 2 rings (SSSR count). The third-order valence-electron chi connectivity index (χ3n) is 3.76. The number of ether oxygens (including phenoxy) is 1. The maximum atomic E-state index is 12.3. The van der Waals surface area contributed by atoms with Crippen LogP contribution >= 0.6 is 0 Å². The van der Waals surface area contributed by atoms with Gasteiger partial charge in [-0.25, -0.2) is 8.42 Å². The van der Waals surface area contributed by atoms with Gasteiger partial charge in [-0.15, -0.1) is 0 Å². The second-order valence-corrected chi connectivity index (χ2v) is 7.46. The zero-order chi connectivity index (χ0) is 21.6. The summed E-state index contributed by atoms with van der Waals surface area (Å²) in [6, 6.07) is 11.2. The predicted octanol–water partition coefficient (Wildman–Crippen LogP) is 0.685. The molecule has 1 atom stereocenters. The fraction of sp³-hybridized carbons (Fsp3) is 0.176. The first kappa shape index (κ1) is 21.8. The molecule has 0 aliphatic rings. The van der Waals surface area contributed by atoms with Crippen LogP contribution in [0.15, 0.2) is 53.4 Å². The number of anilines is 1. The Balaban J connectivity index is 2.11. The van der Waals surface area contributed by atoms with Gasteiger partial charge >= 0.3 is 5.97 Å². The minimum atomic E-state index is -4.26. The van der Waals surface area contributed by atoms with Crippen molar-refractivity contribution in [3.63, 3.8) is 0 Å². The summed E-state index contributed by atoms with van der Waals surface area (Å²) in [5.74, 6) is -1.98. The van der Waals surface area contributed by atoms with Gasteiger partial charge in [0, 0.05) is 18.7 Å². The molecule has 4 N–H and O–H groups in total. The zero-order valence-electron chi connectivity index (χ0n) is 15.2. The van der Waals surface area contributed by atoms with Crippen LogP contribution in [0.4, 0.5) is 11.4 Å². The average molecular weight is 422 g/mol. The Labute approximate surface area is 166 Å². The largest absolute Gasteiger partial charge is 0.446 e. The molecule has 12 heteroatoms. The Morgan fingerprint density at radius 1 is 1.21 bits per heavy atom. The van der Waals surface area contributed by atoms with Crippen molar-refractivity contribution in [3.05, 3.63) is 64.2 Å². The molecule has 29 heavy (non-hydrogen) atoms. The van der Waals surface area contributed by atoms with Crippen molar-refractivity contribution in [1.29, 1.82) is 0 Å². The van der Waals surface area contributed by atoms with Gasteiger partial charge in [-0.1, -0.05) is 30.3 Å². The molecular weight excluding hydrogens is 404 g/mol. The van der Waals surface area contributed by atoms with Crippen LogP contribution in [0.2, 0.25) is 0 Å². The molecule has 0 aromatic heterocycles. The third kappa shape index (κ3) is 5.49. The first-order valence-corrected chi connectivity index (χ1v) is 9.63. The Morgan fingerprint density at radius 2 is 1.86 bits per heavy atom. The van der Waals surface area contributed by atoms with Crippen molar-refractivity contribution >= 4 is 33.3 Å². The van der Waals surface area contributed by atoms with Crippen LogP contribution in [0.5, 0.6) is 0 Å². The van der Waals surface area contributed by atoms with E-state index in [4.69, 9.17) is 10.5 Å². The highest BCUT2D eigenvalue weighted by molar-refractivity contribution is 7.89. The smallest absolute Gasteiger partial charge is 0.322 e. The van der Waals surface area contributed by atoms with Crippen LogP contribution in [0, 0.1) is 10.1 Å². The van der Waals surface area contributed by atoms with E-state index in [2.05, 4.69) is 5.32 Å². The number of benzene rings is 2. The summed E-state index contributed by atoms with van der Waals surface area (Å²) in [5, 5.41) is 13.7. The Hall–Kier alpha value is -3.51. The standard InChI is InChI=1S/C17H18N4O7S/c1-19-13-8-7-12(9-14(13)21(24)25)29(26,27)20-10-15(22)28-16(17(18)23)11-5-3-2-4-6-11/h2-9,16,19-20H,10H2,1H3,(H2,18,23). The number of nitrogens with two attached hydrogens (primary N) is 1. The lowest BCUT2D eigenvalue weighted by Crippen LogP contribution is -2.34. The summed E-state index contributed by atoms with van der Waals surface area (Å²) in [6.07, 6.45) is -1.38. The summed E-state index contributed by atoms with van der Waals surface area (Å²) in [4.78, 5) is 33.5. The number of esters is 1. The maximum absolute atomic E-state index is 12.3. The first-order chi connectivity index (χ1) is 13.7. The van der Waals surface area contributed by atoms with E-state index in [9.17, 15) is 28.1 Å². The summed E-state index contributed by atoms with van der Waals surface area (Å²) in [6.45, 7) is -0.805. The highest BCUT2D eigenvalue weighted by Crippen LogP contribution is 2.27. The van der Waals surface area contributed by atoms with E-state index < -0.39 is 50.1 Å². The molecule has 0 saturated heterocycles. The quantitative estimate of drug-likeness (QED) is 0.301. The van der Waals surface area contributed by atoms with E-state index in [0.717, 1.165) is 12.1 Å². The molecule has 0 fully saturated rings. The number of nitrogens with zero attached hydrogens (tertiary/aromatic N) is 1. The molecule has 0 aliphatic heterocycles. The molecule has 0 radical (unpaired) electrons. The molecule has 0 bridgehead atoms. The van der Waals surface area contributed by atoms with Crippen molar-refractivity contribution in [2.75, 3.05) is 18.9 Å². The average Bonchev–Trinajstić information content (AvgIpc) is 2.70. The number of nitrogens with one attached hydrogen (secondary N) is 2. The number of amides is 1. The highest BCUT2D eigenvalue weighted by atomic mass is 32.2. The molecule has 1 amide bonds. The Bertz CT molecular complexity index is 1030. The van der Waals surface area contributed by atoms with Crippen LogP contribution in [0.1, 0.15) is 11.7 Å². The maximum Gasteiger partial charge on any atom is 0.322 e. The zero-order valence-corrected chi connectivity index (χ0v) is 16.0. The van der Waals surface area contributed by atoms with Gasteiger partial charge in [-0.05, 0) is 12.1 Å². The molecule has 0 heterocycles. The van der Waals surface area contributed by atoms with Crippen LogP contribution < -0.4 is 15.8 Å². The first-order valence-electron chi connectivity index (χ1n) is 8.15. The van der Waals surface area contributed by atoms with E-state index >= 15 is 0 Å². The normalized spacial score (nSPS) is 12.0. The number of hydrogen-bond donors (Lipinski definition) is 3. The Morgan fingerprint density at radius 3 is 2.41 bits per heavy atom. The lowest BCUT2D eigenvalue weighted by atomic mass is 10.1. The molecule has 154 valence electrons. The molecule has 2 aromatic rings. The minimum absolute atomic E-state index is 0.125. The summed E-state index contributed by atoms with van der Waals surface area (Å²) < 4.78 is 31.6. The van der Waals surface area contributed by atoms with Gasteiger partial charge in [0.25, 0.3) is 11.6 Å². The van der Waals surface area contributed by atoms with Gasteiger partial charge in [0.15, 0.2) is 0 Å². The summed E-state index contributed by atoms with van der Waals surface area (Å²) >= 11 is 0. The van der Waals surface area contributed by atoms with E-state index in [1.54, 1.807) is 18.2 Å². The highest BCUT2D eigenvalue weighted by Gasteiger charge is 2.25. The van der Waals surface area contributed by atoms with Crippen molar-refractivity contribution in [2.24, 2.45) is 5.73 Å². The van der Waals surface area contributed by atoms with Gasteiger partial charge in [0.2, 0.25) is 16.1 Å². The van der Waals surface area contributed by atoms with Gasteiger partial charge in [0.1, 0.15) is 12.2 Å². The monoisotopic (exact) mass is 422 g/mol. The van der Waals surface area contributed by atoms with Crippen LogP contribution in [0.25, 0.3) is 0 Å². The molecule has 11 nitrogen and oxygen atoms in total. The molecule has 1 unspecified atom stereocenters. The second-order valence-electron chi connectivity index (χ2n) is 5.69. The second kappa shape index (κ2) is 9.12. The SMILES string of the molecule is CNc1ccc(S(=O)(=O)NCC(=O)OC(C(N)=O)c2ccccc2)cc1[N+](=O)[O-]. The number of carbonyl (C=O) groups is 2.